The Morgan fingerprint density at radius 2 is 1.88 bits per heavy atom. The molecule has 1 aromatic carbocycles. The molecule has 3 aromatic rings. The molecule has 0 N–H and O–H groups in total. The van der Waals surface area contributed by atoms with E-state index in [-0.39, 0.29) is 16.4 Å². The van der Waals surface area contributed by atoms with Crippen molar-refractivity contribution in [1.82, 2.24) is 13.9 Å². The van der Waals surface area contributed by atoms with Crippen molar-refractivity contribution in [2.75, 3.05) is 32.1 Å². The SMILES string of the molecule is Cc1cc(C(=O)CSc2ccccn2)c(C)n1-c1cccc(S(=O)(=O)N2CCOCC2)c1. The molecule has 7 nitrogen and oxygen atoms in total. The van der Waals surface area contributed by atoms with Crippen molar-refractivity contribution in [2.45, 2.75) is 23.8 Å². The minimum absolute atomic E-state index is 0.0112. The van der Waals surface area contributed by atoms with E-state index < -0.39 is 10.0 Å². The highest BCUT2D eigenvalue weighted by atomic mass is 32.2. The van der Waals surface area contributed by atoms with Gasteiger partial charge in [0.25, 0.3) is 0 Å². The summed E-state index contributed by atoms with van der Waals surface area (Å²) in [5, 5.41) is 0.802. The van der Waals surface area contributed by atoms with Gasteiger partial charge in [-0.15, -0.1) is 0 Å². The lowest BCUT2D eigenvalue weighted by Crippen LogP contribution is -2.40. The number of benzene rings is 1. The van der Waals surface area contributed by atoms with Crippen LogP contribution in [0.4, 0.5) is 0 Å². The minimum Gasteiger partial charge on any atom is -0.379 e. The molecule has 0 atom stereocenters. The molecule has 168 valence electrons. The number of ketones is 1. The van der Waals surface area contributed by atoms with E-state index in [0.717, 1.165) is 16.4 Å². The van der Waals surface area contributed by atoms with Crippen LogP contribution in [0.2, 0.25) is 0 Å². The Balaban J connectivity index is 1.60. The second-order valence-electron chi connectivity index (χ2n) is 7.51. The number of nitrogens with zero attached hydrogens (tertiary/aromatic N) is 3. The molecule has 0 amide bonds. The summed E-state index contributed by atoms with van der Waals surface area (Å²) in [4.78, 5) is 17.4. The van der Waals surface area contributed by atoms with Gasteiger partial charge in [-0.25, -0.2) is 13.4 Å². The van der Waals surface area contributed by atoms with Crippen molar-refractivity contribution in [3.05, 3.63) is 71.7 Å². The van der Waals surface area contributed by atoms with Crippen molar-refractivity contribution < 1.29 is 17.9 Å². The van der Waals surface area contributed by atoms with Gasteiger partial charge in [0.1, 0.15) is 0 Å². The third kappa shape index (κ3) is 4.66. The van der Waals surface area contributed by atoms with Gasteiger partial charge in [-0.1, -0.05) is 23.9 Å². The molecule has 4 rings (SSSR count). The van der Waals surface area contributed by atoms with Crippen LogP contribution in [0.1, 0.15) is 21.7 Å². The van der Waals surface area contributed by atoms with Gasteiger partial charge in [0, 0.05) is 41.9 Å². The van der Waals surface area contributed by atoms with Crippen LogP contribution >= 0.6 is 11.8 Å². The highest BCUT2D eigenvalue weighted by molar-refractivity contribution is 7.99. The first-order valence-corrected chi connectivity index (χ1v) is 12.7. The van der Waals surface area contributed by atoms with Gasteiger partial charge in [0.15, 0.2) is 5.78 Å². The van der Waals surface area contributed by atoms with Gasteiger partial charge < -0.3 is 9.30 Å². The predicted octanol–water partition coefficient (Wildman–Crippen LogP) is 3.49. The third-order valence-corrected chi connectivity index (χ3v) is 8.24. The smallest absolute Gasteiger partial charge is 0.243 e. The Hall–Kier alpha value is -2.46. The second kappa shape index (κ2) is 9.58. The summed E-state index contributed by atoms with van der Waals surface area (Å²) in [7, 11) is -3.60. The Morgan fingerprint density at radius 3 is 2.59 bits per heavy atom. The quantitative estimate of drug-likeness (QED) is 0.388. The van der Waals surface area contributed by atoms with Crippen LogP contribution in [0.25, 0.3) is 5.69 Å². The average molecular weight is 472 g/mol. The third-order valence-electron chi connectivity index (χ3n) is 5.40. The first-order valence-electron chi connectivity index (χ1n) is 10.3. The molecule has 1 saturated heterocycles. The number of thioether (sulfide) groups is 1. The number of aromatic nitrogens is 2. The van der Waals surface area contributed by atoms with Gasteiger partial charge in [-0.05, 0) is 50.2 Å². The van der Waals surface area contributed by atoms with E-state index in [1.807, 2.05) is 48.7 Å². The maximum Gasteiger partial charge on any atom is 0.243 e. The number of pyridine rings is 1. The average Bonchev–Trinajstić information content (AvgIpc) is 3.12. The number of ether oxygens (including phenoxy) is 1. The topological polar surface area (TPSA) is 81.5 Å². The molecule has 32 heavy (non-hydrogen) atoms. The molecule has 1 fully saturated rings. The van der Waals surface area contributed by atoms with Crippen LogP contribution < -0.4 is 0 Å². The number of carbonyl (C=O) groups is 1. The lowest BCUT2D eigenvalue weighted by atomic mass is 10.2. The fraction of sp³-hybridized carbons (Fsp3) is 0.304. The zero-order chi connectivity index (χ0) is 22.7. The maximum absolute atomic E-state index is 13.1. The normalized spacial score (nSPS) is 15.1. The summed E-state index contributed by atoms with van der Waals surface area (Å²) in [6.45, 7) is 5.29. The summed E-state index contributed by atoms with van der Waals surface area (Å²) in [6, 6.07) is 14.3. The monoisotopic (exact) mass is 471 g/mol. The standard InChI is InChI=1S/C23H25N3O4S2/c1-17-14-21(22(27)16-31-23-8-3-4-9-24-23)18(2)26(17)19-6-5-7-20(15-19)32(28,29)25-10-12-30-13-11-25/h3-9,14-15H,10-13,16H2,1-2H3. The Morgan fingerprint density at radius 1 is 1.09 bits per heavy atom. The van der Waals surface area contributed by atoms with Crippen molar-refractivity contribution in [3.63, 3.8) is 0 Å². The number of rotatable bonds is 7. The minimum atomic E-state index is -3.60. The van der Waals surface area contributed by atoms with Crippen molar-refractivity contribution in [1.29, 1.82) is 0 Å². The van der Waals surface area contributed by atoms with Gasteiger partial charge in [-0.3, -0.25) is 4.79 Å². The summed E-state index contributed by atoms with van der Waals surface area (Å²) in [6.07, 6.45) is 1.70. The highest BCUT2D eigenvalue weighted by Gasteiger charge is 2.27. The zero-order valence-electron chi connectivity index (χ0n) is 18.0. The van der Waals surface area contributed by atoms with Crippen LogP contribution in [0, 0.1) is 13.8 Å². The number of sulfonamides is 1. The molecule has 1 aliphatic heterocycles. The summed E-state index contributed by atoms with van der Waals surface area (Å²) < 4.78 is 34.8. The maximum atomic E-state index is 13.1. The molecule has 1 aliphatic rings. The van der Waals surface area contributed by atoms with Gasteiger partial charge in [-0.2, -0.15) is 4.31 Å². The molecule has 0 saturated carbocycles. The van der Waals surface area contributed by atoms with Gasteiger partial charge in [0.2, 0.25) is 10.0 Å². The number of hydrogen-bond acceptors (Lipinski definition) is 6. The van der Waals surface area contributed by atoms with Crippen LogP contribution in [0.3, 0.4) is 0 Å². The first-order chi connectivity index (χ1) is 15.4. The van der Waals surface area contributed by atoms with Gasteiger partial charge >= 0.3 is 0 Å². The lowest BCUT2D eigenvalue weighted by molar-refractivity contribution is 0.0730. The molecule has 0 aliphatic carbocycles. The zero-order valence-corrected chi connectivity index (χ0v) is 19.7. The molecule has 0 bridgehead atoms. The van der Waals surface area contributed by atoms with E-state index >= 15 is 0 Å². The Bertz CT molecular complexity index is 1220. The van der Waals surface area contributed by atoms with E-state index in [4.69, 9.17) is 4.74 Å². The number of hydrogen-bond donors (Lipinski definition) is 0. The Kier molecular flexibility index (Phi) is 6.80. The van der Waals surface area contributed by atoms with Crippen LogP contribution in [-0.2, 0) is 14.8 Å². The molecule has 0 radical (unpaired) electrons. The van der Waals surface area contributed by atoms with Crippen LogP contribution in [-0.4, -0.2) is 60.1 Å². The fourth-order valence-corrected chi connectivity index (χ4v) is 6.00. The van der Waals surface area contributed by atoms with Crippen molar-refractivity contribution >= 4 is 27.6 Å². The van der Waals surface area contributed by atoms with Crippen molar-refractivity contribution in [3.8, 4) is 5.69 Å². The van der Waals surface area contributed by atoms with E-state index in [1.165, 1.54) is 16.1 Å². The van der Waals surface area contributed by atoms with E-state index in [9.17, 15) is 13.2 Å². The van der Waals surface area contributed by atoms with Crippen molar-refractivity contribution in [2.24, 2.45) is 0 Å². The lowest BCUT2D eigenvalue weighted by Gasteiger charge is -2.26. The summed E-state index contributed by atoms with van der Waals surface area (Å²) in [5.74, 6) is 0.296. The largest absolute Gasteiger partial charge is 0.379 e. The van der Waals surface area contributed by atoms with Crippen LogP contribution in [0.5, 0.6) is 0 Å². The molecule has 0 unspecified atom stereocenters. The second-order valence-corrected chi connectivity index (χ2v) is 10.4. The molecular weight excluding hydrogens is 446 g/mol. The summed E-state index contributed by atoms with van der Waals surface area (Å²) >= 11 is 1.40. The highest BCUT2D eigenvalue weighted by Crippen LogP contribution is 2.26. The molecule has 2 aromatic heterocycles. The molecule has 9 heteroatoms. The van der Waals surface area contributed by atoms with E-state index in [2.05, 4.69) is 4.98 Å². The first kappa shape index (κ1) is 22.7. The molecule has 3 heterocycles. The summed E-state index contributed by atoms with van der Waals surface area (Å²) in [5.41, 5.74) is 3.00. The number of Topliss-reactive ketones (excluding diaryl/α,β-unsaturated/α-hetero) is 1. The predicted molar refractivity (Wildman–Crippen MR) is 124 cm³/mol. The number of morpholine rings is 1. The Labute approximate surface area is 192 Å². The number of carbonyl (C=O) groups excluding carboxylic acids is 1. The van der Waals surface area contributed by atoms with E-state index in [0.29, 0.717) is 37.6 Å². The molecule has 0 spiro atoms. The van der Waals surface area contributed by atoms with Gasteiger partial charge in [0.05, 0.1) is 28.9 Å². The number of aryl methyl sites for hydroxylation is 1. The van der Waals surface area contributed by atoms with E-state index in [1.54, 1.807) is 24.4 Å². The van der Waals surface area contributed by atoms with Crippen LogP contribution in [0.15, 0.2) is 64.6 Å². The fourth-order valence-electron chi connectivity index (χ4n) is 3.81. The molecular formula is C23H25N3O4S2.